The van der Waals surface area contributed by atoms with Crippen LogP contribution in [0.4, 0.5) is 8.78 Å². The first kappa shape index (κ1) is 17.9. The van der Waals surface area contributed by atoms with Gasteiger partial charge in [-0.3, -0.25) is 4.79 Å². The van der Waals surface area contributed by atoms with E-state index in [1.54, 1.807) is 36.4 Å². The van der Waals surface area contributed by atoms with Gasteiger partial charge in [-0.25, -0.2) is 0 Å². The normalized spacial score (nSPS) is 17.3. The van der Waals surface area contributed by atoms with Crippen molar-refractivity contribution in [2.24, 2.45) is 0 Å². The van der Waals surface area contributed by atoms with Gasteiger partial charge in [0.15, 0.2) is 11.9 Å². The number of alkyl halides is 2. The maximum Gasteiger partial charge on any atom is 0.387 e. The Morgan fingerprint density at radius 1 is 0.893 bits per heavy atom. The van der Waals surface area contributed by atoms with Gasteiger partial charge in [-0.05, 0) is 41.5 Å². The lowest BCUT2D eigenvalue weighted by Crippen LogP contribution is -2.23. The molecule has 0 radical (unpaired) electrons. The standard InChI is InChI=1S/C23H16F2O3/c24-23(25)27-17-12-10-15(11-13-17)14-19-21(26)18-8-4-5-9-20(18)28-22(19)16-6-2-1-3-7-16/h1-14,22-23H/b19-14+/t22-/m0/s1. The highest BCUT2D eigenvalue weighted by atomic mass is 19.3. The van der Waals surface area contributed by atoms with Crippen LogP contribution in [-0.2, 0) is 0 Å². The molecule has 0 saturated heterocycles. The molecule has 5 heteroatoms. The molecule has 4 rings (SSSR count). The summed E-state index contributed by atoms with van der Waals surface area (Å²) in [6, 6.07) is 22.7. The summed E-state index contributed by atoms with van der Waals surface area (Å²) in [6.07, 6.45) is 1.17. The fourth-order valence-electron chi connectivity index (χ4n) is 3.16. The molecule has 0 aliphatic carbocycles. The molecule has 3 nitrogen and oxygen atoms in total. The molecule has 3 aromatic carbocycles. The van der Waals surface area contributed by atoms with Gasteiger partial charge in [0.25, 0.3) is 0 Å². The number of ether oxygens (including phenoxy) is 2. The molecule has 1 heterocycles. The van der Waals surface area contributed by atoms with Crippen LogP contribution in [-0.4, -0.2) is 12.4 Å². The van der Waals surface area contributed by atoms with E-state index in [-0.39, 0.29) is 11.5 Å². The number of para-hydroxylation sites is 1. The van der Waals surface area contributed by atoms with E-state index in [0.29, 0.717) is 22.4 Å². The first-order valence-corrected chi connectivity index (χ1v) is 8.73. The molecule has 28 heavy (non-hydrogen) atoms. The fraction of sp³-hybridized carbons (Fsp3) is 0.0870. The fourth-order valence-corrected chi connectivity index (χ4v) is 3.16. The lowest BCUT2D eigenvalue weighted by molar-refractivity contribution is -0.0498. The van der Waals surface area contributed by atoms with Crippen molar-refractivity contribution in [3.8, 4) is 11.5 Å². The summed E-state index contributed by atoms with van der Waals surface area (Å²) in [6.45, 7) is -2.88. The number of ketones is 1. The van der Waals surface area contributed by atoms with E-state index in [2.05, 4.69) is 4.74 Å². The second kappa shape index (κ2) is 7.64. The van der Waals surface area contributed by atoms with Crippen LogP contribution in [0.3, 0.4) is 0 Å². The minimum atomic E-state index is -2.88. The zero-order valence-corrected chi connectivity index (χ0v) is 14.7. The molecular formula is C23H16F2O3. The minimum Gasteiger partial charge on any atom is -0.480 e. The molecule has 0 N–H and O–H groups in total. The number of carbonyl (C=O) groups excluding carboxylic acids is 1. The van der Waals surface area contributed by atoms with Crippen LogP contribution in [0.5, 0.6) is 11.5 Å². The summed E-state index contributed by atoms with van der Waals surface area (Å²) in [7, 11) is 0. The number of Topliss-reactive ketones (excluding diaryl/α,β-unsaturated/α-hetero) is 1. The number of benzene rings is 3. The highest BCUT2D eigenvalue weighted by molar-refractivity contribution is 6.14. The third-order valence-corrected chi connectivity index (χ3v) is 4.45. The lowest BCUT2D eigenvalue weighted by Gasteiger charge is -2.28. The van der Waals surface area contributed by atoms with E-state index in [0.717, 1.165) is 5.56 Å². The summed E-state index contributed by atoms with van der Waals surface area (Å²) in [5, 5.41) is 0. The Labute approximate surface area is 160 Å². The van der Waals surface area contributed by atoms with Crippen molar-refractivity contribution < 1.29 is 23.0 Å². The third kappa shape index (κ3) is 3.64. The molecule has 0 bridgehead atoms. The van der Waals surface area contributed by atoms with Gasteiger partial charge in [0.2, 0.25) is 0 Å². The molecule has 0 aromatic heterocycles. The highest BCUT2D eigenvalue weighted by Crippen LogP contribution is 2.39. The number of hydrogen-bond donors (Lipinski definition) is 0. The van der Waals surface area contributed by atoms with Crippen LogP contribution in [0.2, 0.25) is 0 Å². The van der Waals surface area contributed by atoms with Crippen molar-refractivity contribution in [2.75, 3.05) is 0 Å². The van der Waals surface area contributed by atoms with E-state index in [1.165, 1.54) is 12.1 Å². The van der Waals surface area contributed by atoms with Gasteiger partial charge in [0.1, 0.15) is 11.5 Å². The third-order valence-electron chi connectivity index (χ3n) is 4.45. The van der Waals surface area contributed by atoms with Crippen LogP contribution in [0.25, 0.3) is 6.08 Å². The molecule has 0 spiro atoms. The largest absolute Gasteiger partial charge is 0.480 e. The van der Waals surface area contributed by atoms with Crippen molar-refractivity contribution in [1.29, 1.82) is 0 Å². The van der Waals surface area contributed by atoms with Crippen LogP contribution in [0.1, 0.15) is 27.6 Å². The maximum atomic E-state index is 13.1. The number of rotatable bonds is 4. The van der Waals surface area contributed by atoms with Gasteiger partial charge >= 0.3 is 6.61 Å². The molecule has 0 unspecified atom stereocenters. The molecule has 0 fully saturated rings. The van der Waals surface area contributed by atoms with Gasteiger partial charge in [-0.15, -0.1) is 0 Å². The smallest absolute Gasteiger partial charge is 0.387 e. The second-order valence-electron chi connectivity index (χ2n) is 6.28. The van der Waals surface area contributed by atoms with Crippen molar-refractivity contribution in [3.05, 3.63) is 101 Å². The van der Waals surface area contributed by atoms with E-state index in [1.807, 2.05) is 36.4 Å². The summed E-state index contributed by atoms with van der Waals surface area (Å²) in [4.78, 5) is 13.1. The van der Waals surface area contributed by atoms with Crippen LogP contribution < -0.4 is 9.47 Å². The first-order chi connectivity index (χ1) is 13.6. The Hall–Kier alpha value is -3.47. The number of carbonyl (C=O) groups is 1. The molecular weight excluding hydrogens is 362 g/mol. The van der Waals surface area contributed by atoms with Gasteiger partial charge in [-0.1, -0.05) is 54.6 Å². The summed E-state index contributed by atoms with van der Waals surface area (Å²) >= 11 is 0. The predicted molar refractivity (Wildman–Crippen MR) is 102 cm³/mol. The Kier molecular flexibility index (Phi) is 4.89. The van der Waals surface area contributed by atoms with Crippen molar-refractivity contribution in [2.45, 2.75) is 12.7 Å². The Morgan fingerprint density at radius 3 is 2.29 bits per heavy atom. The summed E-state index contributed by atoms with van der Waals surface area (Å²) in [5.41, 5.74) is 2.52. The highest BCUT2D eigenvalue weighted by Gasteiger charge is 2.32. The SMILES string of the molecule is O=C1/C(=C\c2ccc(OC(F)F)cc2)[C@H](c2ccccc2)Oc2ccccc21. The minimum absolute atomic E-state index is 0.0633. The average molecular weight is 378 g/mol. The van der Waals surface area contributed by atoms with E-state index in [4.69, 9.17) is 4.74 Å². The van der Waals surface area contributed by atoms with E-state index in [9.17, 15) is 13.6 Å². The summed E-state index contributed by atoms with van der Waals surface area (Å²) < 4.78 is 35.2. The Balaban J connectivity index is 1.75. The zero-order valence-electron chi connectivity index (χ0n) is 14.7. The number of fused-ring (bicyclic) bond motifs is 1. The second-order valence-corrected chi connectivity index (χ2v) is 6.28. The van der Waals surface area contributed by atoms with Gasteiger partial charge in [0, 0.05) is 5.57 Å². The molecule has 3 aromatic rings. The lowest BCUT2D eigenvalue weighted by atomic mass is 9.89. The van der Waals surface area contributed by atoms with E-state index < -0.39 is 12.7 Å². The number of halogens is 2. The first-order valence-electron chi connectivity index (χ1n) is 8.73. The van der Waals surface area contributed by atoms with Crippen molar-refractivity contribution in [3.63, 3.8) is 0 Å². The average Bonchev–Trinajstić information content (AvgIpc) is 2.71. The molecule has 0 saturated carbocycles. The van der Waals surface area contributed by atoms with Crippen LogP contribution >= 0.6 is 0 Å². The molecule has 1 aliphatic rings. The quantitative estimate of drug-likeness (QED) is 0.547. The molecule has 0 amide bonds. The van der Waals surface area contributed by atoms with Crippen molar-refractivity contribution in [1.82, 2.24) is 0 Å². The van der Waals surface area contributed by atoms with Gasteiger partial charge in [-0.2, -0.15) is 8.78 Å². The maximum absolute atomic E-state index is 13.1. The Bertz CT molecular complexity index is 1010. The molecule has 140 valence electrons. The van der Waals surface area contributed by atoms with Gasteiger partial charge in [0.05, 0.1) is 5.56 Å². The molecule has 1 aliphatic heterocycles. The Morgan fingerprint density at radius 2 is 1.57 bits per heavy atom. The van der Waals surface area contributed by atoms with E-state index >= 15 is 0 Å². The molecule has 1 atom stereocenters. The van der Waals surface area contributed by atoms with Crippen LogP contribution in [0, 0.1) is 0 Å². The zero-order chi connectivity index (χ0) is 19.5. The topological polar surface area (TPSA) is 35.5 Å². The predicted octanol–water partition coefficient (Wildman–Crippen LogP) is 5.69. The number of hydrogen-bond acceptors (Lipinski definition) is 3. The summed E-state index contributed by atoms with van der Waals surface area (Å²) in [5.74, 6) is 0.483. The van der Waals surface area contributed by atoms with Crippen molar-refractivity contribution >= 4 is 11.9 Å². The van der Waals surface area contributed by atoms with Crippen LogP contribution in [0.15, 0.2) is 84.4 Å². The monoisotopic (exact) mass is 378 g/mol. The van der Waals surface area contributed by atoms with Gasteiger partial charge < -0.3 is 9.47 Å².